The Morgan fingerprint density at radius 2 is 2.11 bits per heavy atom. The number of hydrogen-bond donors (Lipinski definition) is 0. The van der Waals surface area contributed by atoms with Crippen molar-refractivity contribution in [2.45, 2.75) is 45.6 Å². The molecule has 1 heterocycles. The first-order valence-corrected chi connectivity index (χ1v) is 6.90. The van der Waals surface area contributed by atoms with E-state index in [1.807, 2.05) is 26.8 Å². The lowest BCUT2D eigenvalue weighted by atomic mass is 9.98. The van der Waals surface area contributed by atoms with Crippen LogP contribution in [0.4, 0.5) is 5.69 Å². The van der Waals surface area contributed by atoms with Crippen molar-refractivity contribution < 1.29 is 9.53 Å². The van der Waals surface area contributed by atoms with Crippen LogP contribution in [-0.4, -0.2) is 25.2 Å². The highest BCUT2D eigenvalue weighted by atomic mass is 16.6. The quantitative estimate of drug-likeness (QED) is 0.767. The minimum Gasteiger partial charge on any atom is -0.460 e. The minimum atomic E-state index is -0.411. The second-order valence-electron chi connectivity index (χ2n) is 6.25. The normalized spacial score (nSPS) is 15.1. The number of rotatable bonds is 2. The average molecular weight is 261 g/mol. The van der Waals surface area contributed by atoms with Gasteiger partial charge < -0.3 is 9.64 Å². The maximum absolute atomic E-state index is 11.8. The molecule has 2 rings (SSSR count). The van der Waals surface area contributed by atoms with E-state index in [0.717, 1.165) is 18.5 Å². The van der Waals surface area contributed by atoms with Gasteiger partial charge in [0.15, 0.2) is 0 Å². The third-order valence-electron chi connectivity index (χ3n) is 3.26. The van der Waals surface area contributed by atoms with E-state index in [9.17, 15) is 4.79 Å². The molecular weight excluding hydrogens is 238 g/mol. The van der Waals surface area contributed by atoms with Gasteiger partial charge >= 0.3 is 5.97 Å². The molecule has 1 aliphatic heterocycles. The van der Waals surface area contributed by atoms with Gasteiger partial charge in [0, 0.05) is 19.3 Å². The minimum absolute atomic E-state index is 0.156. The van der Waals surface area contributed by atoms with Crippen LogP contribution in [0.15, 0.2) is 18.2 Å². The van der Waals surface area contributed by atoms with E-state index in [-0.39, 0.29) is 5.97 Å². The number of carbonyl (C=O) groups excluding carboxylic acids is 1. The Morgan fingerprint density at radius 1 is 1.37 bits per heavy atom. The molecule has 0 radical (unpaired) electrons. The zero-order chi connectivity index (χ0) is 14.0. The van der Waals surface area contributed by atoms with Crippen molar-refractivity contribution in [3.63, 3.8) is 0 Å². The summed E-state index contributed by atoms with van der Waals surface area (Å²) in [7, 11) is 2.12. The molecular formula is C16H23NO2. The van der Waals surface area contributed by atoms with Crippen molar-refractivity contribution in [3.05, 3.63) is 29.3 Å². The van der Waals surface area contributed by atoms with Gasteiger partial charge in [-0.3, -0.25) is 4.79 Å². The molecule has 0 spiro atoms. The fourth-order valence-corrected chi connectivity index (χ4v) is 2.49. The Labute approximate surface area is 115 Å². The fourth-order valence-electron chi connectivity index (χ4n) is 2.49. The maximum Gasteiger partial charge on any atom is 0.310 e. The van der Waals surface area contributed by atoms with Crippen LogP contribution in [0.1, 0.15) is 38.3 Å². The Morgan fingerprint density at radius 3 is 2.79 bits per heavy atom. The number of nitrogens with zero attached hydrogens (tertiary/aromatic N) is 1. The zero-order valence-electron chi connectivity index (χ0n) is 12.3. The summed E-state index contributed by atoms with van der Waals surface area (Å²) >= 11 is 0. The van der Waals surface area contributed by atoms with E-state index in [1.54, 1.807) is 0 Å². The predicted octanol–water partition coefficient (Wildman–Crippen LogP) is 2.95. The lowest BCUT2D eigenvalue weighted by Crippen LogP contribution is -2.26. The zero-order valence-corrected chi connectivity index (χ0v) is 12.3. The van der Waals surface area contributed by atoms with Crippen molar-refractivity contribution in [1.29, 1.82) is 0 Å². The first kappa shape index (κ1) is 13.9. The monoisotopic (exact) mass is 261 g/mol. The highest BCUT2D eigenvalue weighted by molar-refractivity contribution is 5.73. The van der Waals surface area contributed by atoms with Gasteiger partial charge in [-0.25, -0.2) is 0 Å². The molecule has 0 amide bonds. The molecule has 0 atom stereocenters. The fraction of sp³-hybridized carbons (Fsp3) is 0.562. The summed E-state index contributed by atoms with van der Waals surface area (Å²) in [5, 5.41) is 0. The molecule has 19 heavy (non-hydrogen) atoms. The van der Waals surface area contributed by atoms with Crippen molar-refractivity contribution in [2.75, 3.05) is 18.5 Å². The van der Waals surface area contributed by atoms with E-state index >= 15 is 0 Å². The molecule has 0 aliphatic carbocycles. The molecule has 0 aromatic heterocycles. The molecule has 3 nitrogen and oxygen atoms in total. The highest BCUT2D eigenvalue weighted by Gasteiger charge is 2.18. The van der Waals surface area contributed by atoms with Crippen molar-refractivity contribution in [1.82, 2.24) is 0 Å². The van der Waals surface area contributed by atoms with Gasteiger partial charge in [-0.2, -0.15) is 0 Å². The molecule has 0 fully saturated rings. The summed E-state index contributed by atoms with van der Waals surface area (Å²) in [4.78, 5) is 14.1. The molecule has 0 bridgehead atoms. The Hall–Kier alpha value is -1.51. The Bertz CT molecular complexity index is 474. The van der Waals surface area contributed by atoms with Gasteiger partial charge in [-0.1, -0.05) is 12.1 Å². The Balaban J connectivity index is 2.08. The van der Waals surface area contributed by atoms with Crippen molar-refractivity contribution >= 4 is 11.7 Å². The Kier molecular flexibility index (Phi) is 3.83. The number of ether oxygens (including phenoxy) is 1. The van der Waals surface area contributed by atoms with E-state index in [1.165, 1.54) is 17.7 Å². The molecule has 3 heteroatoms. The number of hydrogen-bond acceptors (Lipinski definition) is 3. The number of esters is 1. The van der Waals surface area contributed by atoms with E-state index < -0.39 is 5.60 Å². The molecule has 0 saturated heterocycles. The average Bonchev–Trinajstić information content (AvgIpc) is 2.26. The van der Waals surface area contributed by atoms with E-state index in [4.69, 9.17) is 4.74 Å². The topological polar surface area (TPSA) is 29.5 Å². The van der Waals surface area contributed by atoms with E-state index in [2.05, 4.69) is 24.1 Å². The van der Waals surface area contributed by atoms with Crippen LogP contribution in [0.5, 0.6) is 0 Å². The van der Waals surface area contributed by atoms with Gasteiger partial charge in [0.25, 0.3) is 0 Å². The second-order valence-corrected chi connectivity index (χ2v) is 6.25. The standard InChI is InChI=1S/C16H23NO2/c1-16(2,3)19-15(18)11-12-7-8-14-13(10-12)6-5-9-17(14)4/h7-8,10H,5-6,9,11H2,1-4H3. The number of carbonyl (C=O) groups is 1. The molecule has 104 valence electrons. The van der Waals surface area contributed by atoms with Crippen LogP contribution >= 0.6 is 0 Å². The second kappa shape index (κ2) is 5.24. The first-order chi connectivity index (χ1) is 8.85. The SMILES string of the molecule is CN1CCCc2cc(CC(=O)OC(C)(C)C)ccc21. The van der Waals surface area contributed by atoms with Crippen LogP contribution in [0.25, 0.3) is 0 Å². The van der Waals surface area contributed by atoms with Crippen LogP contribution in [0.2, 0.25) is 0 Å². The van der Waals surface area contributed by atoms with Crippen molar-refractivity contribution in [3.8, 4) is 0 Å². The van der Waals surface area contributed by atoms with Crippen LogP contribution in [0.3, 0.4) is 0 Å². The van der Waals surface area contributed by atoms with E-state index in [0.29, 0.717) is 6.42 Å². The smallest absolute Gasteiger partial charge is 0.310 e. The van der Waals surface area contributed by atoms with Gasteiger partial charge in [-0.15, -0.1) is 0 Å². The van der Waals surface area contributed by atoms with Crippen LogP contribution in [-0.2, 0) is 22.4 Å². The highest BCUT2D eigenvalue weighted by Crippen LogP contribution is 2.27. The van der Waals surface area contributed by atoms with Gasteiger partial charge in [0.05, 0.1) is 6.42 Å². The molecule has 1 aromatic carbocycles. The largest absolute Gasteiger partial charge is 0.460 e. The molecule has 0 saturated carbocycles. The maximum atomic E-state index is 11.8. The number of aryl methyl sites for hydroxylation is 1. The van der Waals surface area contributed by atoms with Gasteiger partial charge in [0.2, 0.25) is 0 Å². The number of fused-ring (bicyclic) bond motifs is 1. The third-order valence-corrected chi connectivity index (χ3v) is 3.26. The predicted molar refractivity (Wildman–Crippen MR) is 77.6 cm³/mol. The molecule has 1 aromatic rings. The van der Waals surface area contributed by atoms with Crippen LogP contribution < -0.4 is 4.90 Å². The van der Waals surface area contributed by atoms with Crippen LogP contribution in [0, 0.1) is 0 Å². The van der Waals surface area contributed by atoms with Crippen molar-refractivity contribution in [2.24, 2.45) is 0 Å². The first-order valence-electron chi connectivity index (χ1n) is 6.90. The molecule has 0 unspecified atom stereocenters. The molecule has 0 N–H and O–H groups in total. The summed E-state index contributed by atoms with van der Waals surface area (Å²) in [6.07, 6.45) is 2.63. The third kappa shape index (κ3) is 3.72. The summed E-state index contributed by atoms with van der Waals surface area (Å²) < 4.78 is 5.36. The number of benzene rings is 1. The lowest BCUT2D eigenvalue weighted by Gasteiger charge is -2.28. The molecule has 1 aliphatic rings. The summed E-state index contributed by atoms with van der Waals surface area (Å²) in [5.41, 5.74) is 3.27. The van der Waals surface area contributed by atoms with Gasteiger partial charge in [-0.05, 0) is 50.8 Å². The van der Waals surface area contributed by atoms with Gasteiger partial charge in [0.1, 0.15) is 5.60 Å². The summed E-state index contributed by atoms with van der Waals surface area (Å²) in [6.45, 7) is 6.80. The lowest BCUT2D eigenvalue weighted by molar-refractivity contribution is -0.153. The number of anilines is 1. The summed E-state index contributed by atoms with van der Waals surface area (Å²) in [5.74, 6) is -0.156. The summed E-state index contributed by atoms with van der Waals surface area (Å²) in [6, 6.07) is 6.30.